The van der Waals surface area contributed by atoms with Gasteiger partial charge in [0.15, 0.2) is 5.96 Å². The molecule has 2 N–H and O–H groups in total. The van der Waals surface area contributed by atoms with Crippen molar-refractivity contribution < 1.29 is 9.47 Å². The second kappa shape index (κ2) is 11.5. The molecule has 1 heterocycles. The molecule has 0 amide bonds. The van der Waals surface area contributed by atoms with Gasteiger partial charge in [0.25, 0.3) is 0 Å². The second-order valence-electron chi connectivity index (χ2n) is 5.85. The number of aryl methyl sites for hydroxylation is 1. The Kier molecular flexibility index (Phi) is 10.1. The summed E-state index contributed by atoms with van der Waals surface area (Å²) < 4.78 is 11.0. The van der Waals surface area contributed by atoms with E-state index >= 15 is 0 Å². The Hall–Kier alpha value is -1.02. The number of nitrogens with one attached hydrogen (secondary N) is 2. The van der Waals surface area contributed by atoms with Gasteiger partial charge in [-0.05, 0) is 44.7 Å². The summed E-state index contributed by atoms with van der Waals surface area (Å²) in [6.07, 6.45) is 3.44. The molecule has 1 aliphatic rings. The normalized spacial score (nSPS) is 17.3. The summed E-state index contributed by atoms with van der Waals surface area (Å²) in [4.78, 5) is 4.62. The first kappa shape index (κ1) is 21.0. The maximum Gasteiger partial charge on any atom is 0.191 e. The summed E-state index contributed by atoms with van der Waals surface area (Å²) in [5.74, 6) is 1.80. The highest BCUT2D eigenvalue weighted by Crippen LogP contribution is 2.19. The zero-order valence-corrected chi connectivity index (χ0v) is 17.3. The van der Waals surface area contributed by atoms with Crippen molar-refractivity contribution in [3.05, 3.63) is 29.3 Å². The van der Waals surface area contributed by atoms with Gasteiger partial charge < -0.3 is 20.1 Å². The number of guanidine groups is 1. The van der Waals surface area contributed by atoms with Gasteiger partial charge in [0.05, 0.1) is 19.8 Å². The van der Waals surface area contributed by atoms with Crippen LogP contribution in [0.3, 0.4) is 0 Å². The van der Waals surface area contributed by atoms with Crippen molar-refractivity contribution in [1.82, 2.24) is 10.6 Å². The Morgan fingerprint density at radius 3 is 2.88 bits per heavy atom. The first-order valence-corrected chi connectivity index (χ1v) is 8.50. The molecule has 0 radical (unpaired) electrons. The fourth-order valence-electron chi connectivity index (χ4n) is 2.74. The molecular weight excluding hydrogens is 417 g/mol. The smallest absolute Gasteiger partial charge is 0.191 e. The number of benzene rings is 1. The SMILES string of the molecule is CCNC(=NCC1CCCO1)NCCc1cc(C)ccc1OC.I. The molecule has 0 saturated carbocycles. The Balaban J connectivity index is 0.00000288. The zero-order chi connectivity index (χ0) is 16.5. The Morgan fingerprint density at radius 2 is 2.21 bits per heavy atom. The minimum Gasteiger partial charge on any atom is -0.496 e. The summed E-state index contributed by atoms with van der Waals surface area (Å²) in [7, 11) is 1.72. The third-order valence-corrected chi connectivity index (χ3v) is 3.94. The maximum absolute atomic E-state index is 5.62. The summed E-state index contributed by atoms with van der Waals surface area (Å²) in [5.41, 5.74) is 2.47. The lowest BCUT2D eigenvalue weighted by molar-refractivity contribution is 0.117. The van der Waals surface area contributed by atoms with Gasteiger partial charge in [0.2, 0.25) is 0 Å². The van der Waals surface area contributed by atoms with Crippen LogP contribution >= 0.6 is 24.0 Å². The van der Waals surface area contributed by atoms with Gasteiger partial charge in [-0.2, -0.15) is 0 Å². The van der Waals surface area contributed by atoms with Gasteiger partial charge >= 0.3 is 0 Å². The van der Waals surface area contributed by atoms with Crippen molar-refractivity contribution in [3.63, 3.8) is 0 Å². The average Bonchev–Trinajstić information content (AvgIpc) is 3.06. The van der Waals surface area contributed by atoms with Crippen LogP contribution in [0.2, 0.25) is 0 Å². The topological polar surface area (TPSA) is 54.9 Å². The lowest BCUT2D eigenvalue weighted by Gasteiger charge is -2.14. The quantitative estimate of drug-likeness (QED) is 0.384. The van der Waals surface area contributed by atoms with E-state index in [0.717, 1.165) is 57.2 Å². The fourth-order valence-corrected chi connectivity index (χ4v) is 2.74. The number of nitrogens with zero attached hydrogens (tertiary/aromatic N) is 1. The molecule has 136 valence electrons. The number of hydrogen-bond donors (Lipinski definition) is 2. The van der Waals surface area contributed by atoms with Gasteiger partial charge in [0, 0.05) is 19.7 Å². The lowest BCUT2D eigenvalue weighted by atomic mass is 10.1. The lowest BCUT2D eigenvalue weighted by Crippen LogP contribution is -2.39. The number of methoxy groups -OCH3 is 1. The average molecular weight is 447 g/mol. The number of ether oxygens (including phenoxy) is 2. The first-order valence-electron chi connectivity index (χ1n) is 8.50. The van der Waals surface area contributed by atoms with Crippen LogP contribution in [0.1, 0.15) is 30.9 Å². The number of aliphatic imine (C=N–C) groups is 1. The van der Waals surface area contributed by atoms with Crippen LogP contribution in [0.5, 0.6) is 5.75 Å². The molecule has 1 unspecified atom stereocenters. The van der Waals surface area contributed by atoms with Crippen molar-refractivity contribution in [3.8, 4) is 5.75 Å². The molecule has 24 heavy (non-hydrogen) atoms. The van der Waals surface area contributed by atoms with E-state index in [9.17, 15) is 0 Å². The van der Waals surface area contributed by atoms with Crippen molar-refractivity contribution in [1.29, 1.82) is 0 Å². The van der Waals surface area contributed by atoms with Crippen molar-refractivity contribution in [2.45, 2.75) is 39.2 Å². The monoisotopic (exact) mass is 447 g/mol. The molecule has 0 aromatic heterocycles. The van der Waals surface area contributed by atoms with Crippen LogP contribution < -0.4 is 15.4 Å². The van der Waals surface area contributed by atoms with Gasteiger partial charge in [-0.25, -0.2) is 0 Å². The molecule has 0 bridgehead atoms. The van der Waals surface area contributed by atoms with Crippen molar-refractivity contribution in [2.24, 2.45) is 4.99 Å². The van der Waals surface area contributed by atoms with Crippen molar-refractivity contribution >= 4 is 29.9 Å². The summed E-state index contributed by atoms with van der Waals surface area (Å²) in [6, 6.07) is 6.28. The van der Waals surface area contributed by atoms with Crippen LogP contribution in [0, 0.1) is 6.92 Å². The molecule has 1 atom stereocenters. The minimum atomic E-state index is 0. The van der Waals surface area contributed by atoms with Crippen molar-refractivity contribution in [2.75, 3.05) is 33.4 Å². The molecule has 6 heteroatoms. The molecule has 0 spiro atoms. The fraction of sp³-hybridized carbons (Fsp3) is 0.611. The van der Waals surface area contributed by atoms with E-state index in [1.165, 1.54) is 11.1 Å². The van der Waals surface area contributed by atoms with E-state index in [-0.39, 0.29) is 30.1 Å². The third-order valence-electron chi connectivity index (χ3n) is 3.94. The number of hydrogen-bond acceptors (Lipinski definition) is 3. The van der Waals surface area contributed by atoms with E-state index in [1.807, 2.05) is 6.07 Å². The second-order valence-corrected chi connectivity index (χ2v) is 5.85. The highest BCUT2D eigenvalue weighted by molar-refractivity contribution is 14.0. The van der Waals surface area contributed by atoms with Gasteiger partial charge in [0.1, 0.15) is 5.75 Å². The van der Waals surface area contributed by atoms with E-state index < -0.39 is 0 Å². The molecule has 0 aliphatic carbocycles. The highest BCUT2D eigenvalue weighted by atomic mass is 127. The van der Waals surface area contributed by atoms with E-state index in [2.05, 4.69) is 41.6 Å². The summed E-state index contributed by atoms with van der Waals surface area (Å²) in [6.45, 7) is 7.44. The number of halogens is 1. The van der Waals surface area contributed by atoms with E-state index in [4.69, 9.17) is 9.47 Å². The molecular formula is C18H30IN3O2. The van der Waals surface area contributed by atoms with Gasteiger partial charge in [-0.3, -0.25) is 4.99 Å². The van der Waals surface area contributed by atoms with E-state index in [1.54, 1.807) is 7.11 Å². The molecule has 1 aromatic rings. The zero-order valence-electron chi connectivity index (χ0n) is 14.9. The van der Waals surface area contributed by atoms with E-state index in [0.29, 0.717) is 0 Å². The van der Waals surface area contributed by atoms with Crippen LogP contribution in [0.15, 0.2) is 23.2 Å². The van der Waals surface area contributed by atoms with Crippen LogP contribution in [-0.2, 0) is 11.2 Å². The Labute approximate surface area is 162 Å². The highest BCUT2D eigenvalue weighted by Gasteiger charge is 2.14. The molecule has 2 rings (SSSR count). The van der Waals surface area contributed by atoms with Crippen LogP contribution in [0.4, 0.5) is 0 Å². The molecule has 1 aromatic carbocycles. The molecule has 1 saturated heterocycles. The number of rotatable bonds is 7. The minimum absolute atomic E-state index is 0. The van der Waals surface area contributed by atoms with Crippen LogP contribution in [-0.4, -0.2) is 45.4 Å². The standard InChI is InChI=1S/C18H29N3O2.HI/c1-4-19-18(21-13-16-6-5-11-23-16)20-10-9-15-12-14(2)7-8-17(15)22-3;/h7-8,12,16H,4-6,9-11,13H2,1-3H3,(H2,19,20,21);1H. The first-order chi connectivity index (χ1) is 11.2. The molecule has 5 nitrogen and oxygen atoms in total. The molecule has 1 aliphatic heterocycles. The largest absolute Gasteiger partial charge is 0.496 e. The predicted molar refractivity (Wildman–Crippen MR) is 110 cm³/mol. The third kappa shape index (κ3) is 6.84. The summed E-state index contributed by atoms with van der Waals surface area (Å²) >= 11 is 0. The summed E-state index contributed by atoms with van der Waals surface area (Å²) in [5, 5.41) is 6.68. The Bertz CT molecular complexity index is 517. The van der Waals surface area contributed by atoms with Crippen LogP contribution in [0.25, 0.3) is 0 Å². The maximum atomic E-state index is 5.62. The van der Waals surface area contributed by atoms with Gasteiger partial charge in [-0.1, -0.05) is 17.7 Å². The van der Waals surface area contributed by atoms with Gasteiger partial charge in [-0.15, -0.1) is 24.0 Å². The molecule has 1 fully saturated rings. The predicted octanol–water partition coefficient (Wildman–Crippen LogP) is 2.90. The Morgan fingerprint density at radius 1 is 1.38 bits per heavy atom.